The highest BCUT2D eigenvalue weighted by atomic mass is 32.2. The van der Waals surface area contributed by atoms with Gasteiger partial charge < -0.3 is 14.5 Å². The summed E-state index contributed by atoms with van der Waals surface area (Å²) in [6.45, 7) is 6.24. The lowest BCUT2D eigenvalue weighted by Gasteiger charge is -2.37. The second kappa shape index (κ2) is 8.39. The molecular formula is C19H25FN2O3S. The smallest absolute Gasteiger partial charge is 0.245 e. The third kappa shape index (κ3) is 4.20. The van der Waals surface area contributed by atoms with Crippen molar-refractivity contribution in [1.29, 1.82) is 0 Å². The Morgan fingerprint density at radius 1 is 1.35 bits per heavy atom. The molecule has 2 heterocycles. The molecule has 2 atom stereocenters. The van der Waals surface area contributed by atoms with Gasteiger partial charge >= 0.3 is 0 Å². The van der Waals surface area contributed by atoms with Gasteiger partial charge in [0.05, 0.1) is 19.0 Å². The maximum absolute atomic E-state index is 13.7. The van der Waals surface area contributed by atoms with E-state index < -0.39 is 6.04 Å². The first kappa shape index (κ1) is 19.2. The first-order chi connectivity index (χ1) is 12.5. The van der Waals surface area contributed by atoms with Gasteiger partial charge in [-0.2, -0.15) is 0 Å². The number of nitrogens with zero attached hydrogens (tertiary/aromatic N) is 2. The molecular weight excluding hydrogens is 355 g/mol. The van der Waals surface area contributed by atoms with Crippen LogP contribution in [0.1, 0.15) is 31.2 Å². The molecule has 142 valence electrons. The van der Waals surface area contributed by atoms with Crippen molar-refractivity contribution >= 4 is 23.6 Å². The minimum atomic E-state index is -0.524. The lowest BCUT2D eigenvalue weighted by Crippen LogP contribution is -2.53. The summed E-state index contributed by atoms with van der Waals surface area (Å²) >= 11 is 1.45. The fraction of sp³-hybridized carbons (Fsp3) is 0.579. The van der Waals surface area contributed by atoms with Crippen LogP contribution in [0.25, 0.3) is 0 Å². The third-order valence-corrected chi connectivity index (χ3v) is 5.91. The van der Waals surface area contributed by atoms with E-state index >= 15 is 0 Å². The molecule has 0 aromatic heterocycles. The Hall–Kier alpha value is -1.60. The predicted molar refractivity (Wildman–Crippen MR) is 99.1 cm³/mol. The van der Waals surface area contributed by atoms with Crippen LogP contribution in [0, 0.1) is 11.7 Å². The van der Waals surface area contributed by atoms with Gasteiger partial charge in [-0.05, 0) is 30.0 Å². The second-order valence-corrected chi connectivity index (χ2v) is 8.17. The van der Waals surface area contributed by atoms with Crippen molar-refractivity contribution in [3.8, 4) is 0 Å². The van der Waals surface area contributed by atoms with E-state index in [4.69, 9.17) is 4.74 Å². The van der Waals surface area contributed by atoms with Crippen LogP contribution >= 0.6 is 11.8 Å². The van der Waals surface area contributed by atoms with E-state index in [1.165, 1.54) is 23.9 Å². The molecule has 0 radical (unpaired) electrons. The van der Waals surface area contributed by atoms with E-state index in [9.17, 15) is 14.0 Å². The number of carbonyl (C=O) groups is 2. The lowest BCUT2D eigenvalue weighted by atomic mass is 9.99. The Balaban J connectivity index is 1.89. The van der Waals surface area contributed by atoms with E-state index in [1.807, 2.05) is 19.9 Å². The number of halogens is 1. The molecule has 0 saturated carbocycles. The minimum Gasteiger partial charge on any atom is -0.378 e. The number of benzene rings is 1. The quantitative estimate of drug-likeness (QED) is 0.788. The zero-order valence-corrected chi connectivity index (χ0v) is 16.0. The fourth-order valence-corrected chi connectivity index (χ4v) is 4.68. The van der Waals surface area contributed by atoms with E-state index in [1.54, 1.807) is 15.9 Å². The predicted octanol–water partition coefficient (Wildman–Crippen LogP) is 2.67. The van der Waals surface area contributed by atoms with Crippen molar-refractivity contribution in [3.63, 3.8) is 0 Å². The average molecular weight is 380 g/mol. The van der Waals surface area contributed by atoms with Gasteiger partial charge in [-0.25, -0.2) is 4.39 Å². The van der Waals surface area contributed by atoms with Gasteiger partial charge in [0, 0.05) is 13.1 Å². The van der Waals surface area contributed by atoms with Crippen LogP contribution < -0.4 is 0 Å². The number of amides is 2. The van der Waals surface area contributed by atoms with Gasteiger partial charge in [0.15, 0.2) is 0 Å². The van der Waals surface area contributed by atoms with E-state index in [2.05, 4.69) is 0 Å². The summed E-state index contributed by atoms with van der Waals surface area (Å²) in [4.78, 5) is 29.3. The van der Waals surface area contributed by atoms with Crippen LogP contribution in [0.2, 0.25) is 0 Å². The minimum absolute atomic E-state index is 0.0285. The van der Waals surface area contributed by atoms with Gasteiger partial charge in [-0.15, -0.1) is 11.8 Å². The number of hydrogen-bond acceptors (Lipinski definition) is 4. The van der Waals surface area contributed by atoms with Crippen molar-refractivity contribution in [2.24, 2.45) is 5.92 Å². The number of hydrogen-bond donors (Lipinski definition) is 0. The molecule has 0 bridgehead atoms. The third-order valence-electron chi connectivity index (χ3n) is 4.68. The summed E-state index contributed by atoms with van der Waals surface area (Å²) in [5.41, 5.74) is 0.726. The van der Waals surface area contributed by atoms with Crippen LogP contribution in [0.5, 0.6) is 0 Å². The number of rotatable bonds is 5. The van der Waals surface area contributed by atoms with Gasteiger partial charge in [-0.1, -0.05) is 26.0 Å². The van der Waals surface area contributed by atoms with Gasteiger partial charge in [0.25, 0.3) is 0 Å². The molecule has 1 aromatic carbocycles. The zero-order valence-electron chi connectivity index (χ0n) is 15.2. The van der Waals surface area contributed by atoms with Crippen LogP contribution in [0.4, 0.5) is 4.39 Å². The maximum Gasteiger partial charge on any atom is 0.245 e. The van der Waals surface area contributed by atoms with E-state index in [0.717, 1.165) is 5.56 Å². The molecule has 2 fully saturated rings. The SMILES string of the molecule is CC(C)CC(C(=O)N1CCOCC1)N1C(=O)CSC1c1cccc(F)c1. The number of thioether (sulfide) groups is 1. The molecule has 3 rings (SSSR count). The summed E-state index contributed by atoms with van der Waals surface area (Å²) in [5, 5.41) is -0.327. The molecule has 0 N–H and O–H groups in total. The molecule has 2 unspecified atom stereocenters. The van der Waals surface area contributed by atoms with Gasteiger partial charge in [0.2, 0.25) is 11.8 Å². The molecule has 0 spiro atoms. The highest BCUT2D eigenvalue weighted by molar-refractivity contribution is 8.00. The lowest BCUT2D eigenvalue weighted by molar-refractivity contribution is -0.148. The Bertz CT molecular complexity index is 664. The monoisotopic (exact) mass is 380 g/mol. The number of ether oxygens (including phenoxy) is 1. The average Bonchev–Trinajstić information content (AvgIpc) is 3.01. The molecule has 2 aliphatic heterocycles. The van der Waals surface area contributed by atoms with Gasteiger partial charge in [-0.3, -0.25) is 9.59 Å². The molecule has 1 aromatic rings. The summed E-state index contributed by atoms with van der Waals surface area (Å²) in [6.07, 6.45) is 0.592. The normalized spacial score (nSPS) is 22.2. The molecule has 0 aliphatic carbocycles. The topological polar surface area (TPSA) is 49.9 Å². The molecule has 5 nitrogen and oxygen atoms in total. The molecule has 2 saturated heterocycles. The van der Waals surface area contributed by atoms with Crippen molar-refractivity contribution in [1.82, 2.24) is 9.80 Å². The van der Waals surface area contributed by atoms with Gasteiger partial charge in [0.1, 0.15) is 17.2 Å². The fourth-order valence-electron chi connectivity index (χ4n) is 3.46. The summed E-state index contributed by atoms with van der Waals surface area (Å²) in [7, 11) is 0. The largest absolute Gasteiger partial charge is 0.378 e. The first-order valence-electron chi connectivity index (χ1n) is 9.02. The van der Waals surface area contributed by atoms with Crippen molar-refractivity contribution in [3.05, 3.63) is 35.6 Å². The first-order valence-corrected chi connectivity index (χ1v) is 10.1. The zero-order chi connectivity index (χ0) is 18.7. The standard InChI is InChI=1S/C19H25FN2O3S/c1-13(2)10-16(18(24)21-6-8-25-9-7-21)22-17(23)12-26-19(22)14-4-3-5-15(20)11-14/h3-5,11,13,16,19H,6-10,12H2,1-2H3. The summed E-state index contributed by atoms with van der Waals surface area (Å²) in [5.74, 6) is 0.154. The Morgan fingerprint density at radius 2 is 2.08 bits per heavy atom. The van der Waals surface area contributed by atoms with Crippen LogP contribution in [0.15, 0.2) is 24.3 Å². The van der Waals surface area contributed by atoms with Crippen molar-refractivity contribution < 1.29 is 18.7 Å². The Kier molecular flexibility index (Phi) is 6.19. The molecule has 2 amide bonds. The molecule has 2 aliphatic rings. The van der Waals surface area contributed by atoms with Crippen molar-refractivity contribution in [2.45, 2.75) is 31.7 Å². The van der Waals surface area contributed by atoms with E-state index in [0.29, 0.717) is 38.5 Å². The van der Waals surface area contributed by atoms with Crippen molar-refractivity contribution in [2.75, 3.05) is 32.1 Å². The van der Waals surface area contributed by atoms with Crippen LogP contribution in [0.3, 0.4) is 0 Å². The maximum atomic E-state index is 13.7. The van der Waals surface area contributed by atoms with E-state index in [-0.39, 0.29) is 28.9 Å². The number of morpholine rings is 1. The highest BCUT2D eigenvalue weighted by Crippen LogP contribution is 2.41. The highest BCUT2D eigenvalue weighted by Gasteiger charge is 2.42. The molecule has 7 heteroatoms. The Labute approximate surface area is 157 Å². The van der Waals surface area contributed by atoms with Crippen LogP contribution in [-0.4, -0.2) is 59.7 Å². The molecule has 26 heavy (non-hydrogen) atoms. The second-order valence-electron chi connectivity index (χ2n) is 7.10. The van der Waals surface area contributed by atoms with Crippen LogP contribution in [-0.2, 0) is 14.3 Å². The number of carbonyl (C=O) groups excluding carboxylic acids is 2. The summed E-state index contributed by atoms with van der Waals surface area (Å²) < 4.78 is 19.0. The summed E-state index contributed by atoms with van der Waals surface area (Å²) in [6, 6.07) is 5.78. The Morgan fingerprint density at radius 3 is 2.73 bits per heavy atom.